The second-order valence-corrected chi connectivity index (χ2v) is 9.15. The van der Waals surface area contributed by atoms with Gasteiger partial charge in [0, 0.05) is 30.2 Å². The van der Waals surface area contributed by atoms with Gasteiger partial charge in [0.15, 0.2) is 0 Å². The Morgan fingerprint density at radius 1 is 1.03 bits per heavy atom. The van der Waals surface area contributed by atoms with Crippen LogP contribution < -0.4 is 10.5 Å². The first-order valence-electron chi connectivity index (χ1n) is 11.8. The molecule has 5 nitrogen and oxygen atoms in total. The minimum atomic E-state index is -0.00937. The van der Waals surface area contributed by atoms with E-state index in [-0.39, 0.29) is 11.5 Å². The number of likely N-dealkylation sites (tertiary alicyclic amines) is 1. The molecule has 1 aromatic heterocycles. The number of nitrogens with zero attached hydrogens (tertiary/aromatic N) is 3. The molecule has 0 aliphatic carbocycles. The van der Waals surface area contributed by atoms with Crippen LogP contribution in [0, 0.1) is 0 Å². The third kappa shape index (κ3) is 3.55. The summed E-state index contributed by atoms with van der Waals surface area (Å²) in [6.45, 7) is 5.30. The Balaban J connectivity index is 1.66. The number of aryl methyl sites for hydroxylation is 2. The first-order chi connectivity index (χ1) is 15.6. The van der Waals surface area contributed by atoms with E-state index in [4.69, 9.17) is 0 Å². The Labute approximate surface area is 189 Å². The Morgan fingerprint density at radius 3 is 2.59 bits per heavy atom. The first kappa shape index (κ1) is 21.0. The molecule has 5 heteroatoms. The Kier molecular flexibility index (Phi) is 5.60. The van der Waals surface area contributed by atoms with Gasteiger partial charge in [0.2, 0.25) is 0 Å². The van der Waals surface area contributed by atoms with Gasteiger partial charge in [-0.15, -0.1) is 0 Å². The van der Waals surface area contributed by atoms with Crippen molar-refractivity contribution in [1.29, 1.82) is 0 Å². The van der Waals surface area contributed by atoms with Gasteiger partial charge >= 0.3 is 0 Å². The summed E-state index contributed by atoms with van der Waals surface area (Å²) in [5.41, 5.74) is 4.74. The van der Waals surface area contributed by atoms with E-state index in [1.165, 1.54) is 5.56 Å². The number of para-hydroxylation sites is 2. The van der Waals surface area contributed by atoms with Gasteiger partial charge in [-0.1, -0.05) is 30.3 Å². The molecule has 1 fully saturated rings. The Hall–Kier alpha value is -2.92. The van der Waals surface area contributed by atoms with Crippen molar-refractivity contribution in [1.82, 2.24) is 9.47 Å². The summed E-state index contributed by atoms with van der Waals surface area (Å²) in [6.07, 6.45) is 4.03. The topological polar surface area (TPSA) is 45.6 Å². The largest absolute Gasteiger partial charge is 0.308 e. The molecule has 1 amide bonds. The number of carbonyl (C=O) groups excluding carboxylic acids is 1. The average molecular weight is 430 g/mol. The lowest BCUT2D eigenvalue weighted by Gasteiger charge is -2.31. The van der Waals surface area contributed by atoms with Crippen molar-refractivity contribution in [2.75, 3.05) is 31.6 Å². The van der Waals surface area contributed by atoms with Crippen LogP contribution in [-0.2, 0) is 13.0 Å². The average Bonchev–Trinajstić information content (AvgIpc) is 2.83. The van der Waals surface area contributed by atoms with E-state index in [0.717, 1.165) is 60.9 Å². The maximum absolute atomic E-state index is 13.9. The monoisotopic (exact) mass is 429 g/mol. The SMILES string of the molecule is CCn1c(=O)cc(C2CCN(C)CC2)c2cccc(C(=O)N3CCCc4ccccc43)c21. The molecule has 0 bridgehead atoms. The predicted octanol–water partition coefficient (Wildman–Crippen LogP) is 4.42. The standard InChI is InChI=1S/C27H31N3O2/c1-3-29-25(31)18-23(19-13-16-28(2)17-14-19)21-10-6-11-22(26(21)29)27(32)30-15-7-9-20-8-4-5-12-24(20)30/h4-6,8,10-12,18-19H,3,7,9,13-17H2,1-2H3. The molecule has 0 spiro atoms. The normalized spacial score (nSPS) is 17.5. The highest BCUT2D eigenvalue weighted by Crippen LogP contribution is 2.34. The summed E-state index contributed by atoms with van der Waals surface area (Å²) in [5.74, 6) is 0.346. The van der Waals surface area contributed by atoms with Gasteiger partial charge in [-0.05, 0) is 81.9 Å². The van der Waals surface area contributed by atoms with Crippen molar-refractivity contribution < 1.29 is 4.79 Å². The summed E-state index contributed by atoms with van der Waals surface area (Å²) in [7, 11) is 2.15. The number of pyridine rings is 1. The van der Waals surface area contributed by atoms with E-state index in [1.54, 1.807) is 4.57 Å². The third-order valence-corrected chi connectivity index (χ3v) is 7.22. The van der Waals surface area contributed by atoms with Crippen molar-refractivity contribution in [3.63, 3.8) is 0 Å². The van der Waals surface area contributed by atoms with Crippen LogP contribution in [0.5, 0.6) is 0 Å². The molecule has 0 unspecified atom stereocenters. The fourth-order valence-corrected chi connectivity index (χ4v) is 5.50. The molecule has 0 radical (unpaired) electrons. The van der Waals surface area contributed by atoms with E-state index in [0.29, 0.717) is 24.6 Å². The van der Waals surface area contributed by atoms with Gasteiger partial charge in [-0.2, -0.15) is 0 Å². The summed E-state index contributed by atoms with van der Waals surface area (Å²) >= 11 is 0. The maximum atomic E-state index is 13.9. The van der Waals surface area contributed by atoms with Crippen LogP contribution in [0.25, 0.3) is 10.9 Å². The number of carbonyl (C=O) groups is 1. The van der Waals surface area contributed by atoms with Gasteiger partial charge in [0.25, 0.3) is 11.5 Å². The second kappa shape index (κ2) is 8.55. The van der Waals surface area contributed by atoms with E-state index in [2.05, 4.69) is 24.1 Å². The van der Waals surface area contributed by atoms with Crippen LogP contribution in [0.15, 0.2) is 53.3 Å². The minimum absolute atomic E-state index is 0.00628. The lowest BCUT2D eigenvalue weighted by atomic mass is 9.87. The highest BCUT2D eigenvalue weighted by atomic mass is 16.2. The van der Waals surface area contributed by atoms with Crippen molar-refractivity contribution >= 4 is 22.5 Å². The molecule has 0 saturated carbocycles. The van der Waals surface area contributed by atoms with E-state index < -0.39 is 0 Å². The molecule has 5 rings (SSSR count). The van der Waals surface area contributed by atoms with Crippen LogP contribution in [0.1, 0.15) is 53.6 Å². The fourth-order valence-electron chi connectivity index (χ4n) is 5.50. The molecule has 1 saturated heterocycles. The van der Waals surface area contributed by atoms with Crippen LogP contribution in [-0.4, -0.2) is 42.1 Å². The van der Waals surface area contributed by atoms with Gasteiger partial charge in [0.05, 0.1) is 11.1 Å². The molecule has 3 heterocycles. The second-order valence-electron chi connectivity index (χ2n) is 9.15. The van der Waals surface area contributed by atoms with Gasteiger partial charge in [-0.25, -0.2) is 0 Å². The molecule has 166 valence electrons. The summed E-state index contributed by atoms with van der Waals surface area (Å²) in [4.78, 5) is 31.3. The number of aromatic nitrogens is 1. The third-order valence-electron chi connectivity index (χ3n) is 7.22. The van der Waals surface area contributed by atoms with Crippen molar-refractivity contribution in [3.05, 3.63) is 75.6 Å². The summed E-state index contributed by atoms with van der Waals surface area (Å²) < 4.78 is 1.77. The van der Waals surface area contributed by atoms with Crippen LogP contribution in [0.3, 0.4) is 0 Å². The van der Waals surface area contributed by atoms with Crippen LogP contribution in [0.4, 0.5) is 5.69 Å². The number of hydrogen-bond donors (Lipinski definition) is 0. The molecule has 2 aromatic carbocycles. The molecule has 0 atom stereocenters. The number of benzene rings is 2. The van der Waals surface area contributed by atoms with Crippen LogP contribution in [0.2, 0.25) is 0 Å². The molecular formula is C27H31N3O2. The zero-order valence-electron chi connectivity index (χ0n) is 19.0. The molecule has 0 N–H and O–H groups in total. The zero-order valence-corrected chi connectivity index (χ0v) is 19.0. The van der Waals surface area contributed by atoms with Gasteiger partial charge < -0.3 is 14.4 Å². The Bertz CT molecular complexity index is 1220. The molecular weight excluding hydrogens is 398 g/mol. The highest BCUT2D eigenvalue weighted by molar-refractivity contribution is 6.14. The lowest BCUT2D eigenvalue weighted by molar-refractivity contribution is 0.0986. The zero-order chi connectivity index (χ0) is 22.2. The van der Waals surface area contributed by atoms with Crippen molar-refractivity contribution in [2.45, 2.75) is 45.1 Å². The van der Waals surface area contributed by atoms with Gasteiger partial charge in [-0.3, -0.25) is 9.59 Å². The number of amides is 1. The van der Waals surface area contributed by atoms with E-state index in [1.807, 2.05) is 48.2 Å². The summed E-state index contributed by atoms with van der Waals surface area (Å²) in [6, 6.07) is 16.0. The molecule has 2 aliphatic rings. The predicted molar refractivity (Wildman–Crippen MR) is 130 cm³/mol. The number of anilines is 1. The molecule has 2 aliphatic heterocycles. The van der Waals surface area contributed by atoms with E-state index >= 15 is 0 Å². The van der Waals surface area contributed by atoms with E-state index in [9.17, 15) is 9.59 Å². The smallest absolute Gasteiger partial charge is 0.260 e. The minimum Gasteiger partial charge on any atom is -0.308 e. The first-order valence-corrected chi connectivity index (χ1v) is 11.8. The fraction of sp³-hybridized carbons (Fsp3) is 0.407. The molecule has 32 heavy (non-hydrogen) atoms. The number of rotatable bonds is 3. The highest BCUT2D eigenvalue weighted by Gasteiger charge is 2.27. The Morgan fingerprint density at radius 2 is 1.81 bits per heavy atom. The quantitative estimate of drug-likeness (QED) is 0.619. The summed E-state index contributed by atoms with van der Waals surface area (Å²) in [5, 5.41) is 1.05. The van der Waals surface area contributed by atoms with Gasteiger partial charge in [0.1, 0.15) is 0 Å². The van der Waals surface area contributed by atoms with Crippen molar-refractivity contribution in [3.8, 4) is 0 Å². The number of piperidine rings is 1. The number of fused-ring (bicyclic) bond motifs is 2. The maximum Gasteiger partial charge on any atom is 0.260 e. The number of hydrogen-bond acceptors (Lipinski definition) is 3. The van der Waals surface area contributed by atoms with Crippen LogP contribution >= 0.6 is 0 Å². The lowest BCUT2D eigenvalue weighted by Crippen LogP contribution is -2.36. The van der Waals surface area contributed by atoms with Crippen molar-refractivity contribution in [2.24, 2.45) is 0 Å². The molecule has 3 aromatic rings.